The van der Waals surface area contributed by atoms with Gasteiger partial charge in [-0.05, 0) is 64.0 Å². The molecule has 9 aromatic carbocycles. The molecule has 274 valence electrons. The van der Waals surface area contributed by atoms with Crippen molar-refractivity contribution in [3.05, 3.63) is 182 Å². The van der Waals surface area contributed by atoms with Crippen molar-refractivity contribution in [2.24, 2.45) is 0 Å². The Morgan fingerprint density at radius 2 is 0.983 bits per heavy atom. The molecule has 0 unspecified atom stereocenters. The van der Waals surface area contributed by atoms with Crippen LogP contribution in [0.25, 0.3) is 125 Å². The molecule has 0 aliphatic heterocycles. The second-order valence-corrected chi connectivity index (χ2v) is 16.2. The molecule has 4 aromatic heterocycles. The van der Waals surface area contributed by atoms with Crippen molar-refractivity contribution in [1.29, 1.82) is 0 Å². The summed E-state index contributed by atoms with van der Waals surface area (Å²) < 4.78 is 11.5. The standard InChI is InChI=1S/C53H30N4OS/c1-2-15-33-28-44-41(27-32(33)14-1)36-18-5-8-23-43(36)57(44)34-29-42(49-38-19-6-9-24-45(38)58-46(49)30-34)53-55-51(37-21-11-16-31-13-3-4-17-35(31)37)54-52(56-53)40-22-12-26-48-50(40)39-20-7-10-25-47(39)59-48/h1-30H. The Bertz CT molecular complexity index is 3870. The molecular formula is C53H30N4OS. The van der Waals surface area contributed by atoms with Crippen LogP contribution in [0.1, 0.15) is 0 Å². The fourth-order valence-corrected chi connectivity index (χ4v) is 10.3. The number of benzene rings is 9. The fourth-order valence-electron chi connectivity index (χ4n) is 9.20. The lowest BCUT2D eigenvalue weighted by atomic mass is 10.0. The first-order valence-corrected chi connectivity index (χ1v) is 20.6. The Labute approximate surface area is 341 Å². The zero-order valence-corrected chi connectivity index (χ0v) is 32.2. The first kappa shape index (κ1) is 32.4. The van der Waals surface area contributed by atoms with Gasteiger partial charge < -0.3 is 8.98 Å². The predicted octanol–water partition coefficient (Wildman–Crippen LogP) is 14.5. The van der Waals surface area contributed by atoms with E-state index in [4.69, 9.17) is 19.4 Å². The van der Waals surface area contributed by atoms with E-state index in [1.807, 2.05) is 12.1 Å². The topological polar surface area (TPSA) is 56.7 Å². The van der Waals surface area contributed by atoms with Crippen LogP contribution < -0.4 is 0 Å². The third kappa shape index (κ3) is 4.87. The summed E-state index contributed by atoms with van der Waals surface area (Å²) in [5.41, 5.74) is 7.59. The number of hydrogen-bond acceptors (Lipinski definition) is 5. The zero-order valence-electron chi connectivity index (χ0n) is 31.4. The van der Waals surface area contributed by atoms with E-state index < -0.39 is 0 Å². The summed E-state index contributed by atoms with van der Waals surface area (Å²) in [5, 5.41) is 11.3. The molecule has 13 rings (SSSR count). The molecule has 4 heterocycles. The minimum atomic E-state index is 0.582. The summed E-state index contributed by atoms with van der Waals surface area (Å²) in [4.78, 5) is 16.3. The summed E-state index contributed by atoms with van der Waals surface area (Å²) in [6, 6.07) is 64.3. The summed E-state index contributed by atoms with van der Waals surface area (Å²) in [6.45, 7) is 0. The quantitative estimate of drug-likeness (QED) is 0.179. The molecule has 59 heavy (non-hydrogen) atoms. The van der Waals surface area contributed by atoms with Gasteiger partial charge in [0, 0.05) is 64.5 Å². The second-order valence-electron chi connectivity index (χ2n) is 15.1. The van der Waals surface area contributed by atoms with Crippen LogP contribution in [-0.2, 0) is 0 Å². The van der Waals surface area contributed by atoms with Crippen molar-refractivity contribution in [2.45, 2.75) is 0 Å². The number of hydrogen-bond donors (Lipinski definition) is 0. The van der Waals surface area contributed by atoms with Crippen LogP contribution in [-0.4, -0.2) is 19.5 Å². The minimum Gasteiger partial charge on any atom is -0.456 e. The van der Waals surface area contributed by atoms with Crippen molar-refractivity contribution in [1.82, 2.24) is 19.5 Å². The van der Waals surface area contributed by atoms with Gasteiger partial charge in [-0.3, -0.25) is 0 Å². The van der Waals surface area contributed by atoms with Crippen molar-refractivity contribution in [2.75, 3.05) is 0 Å². The van der Waals surface area contributed by atoms with Crippen molar-refractivity contribution >= 4 is 96.8 Å². The van der Waals surface area contributed by atoms with Crippen LogP contribution in [0.2, 0.25) is 0 Å². The molecular weight excluding hydrogens is 741 g/mol. The fraction of sp³-hybridized carbons (Fsp3) is 0. The first-order valence-electron chi connectivity index (χ1n) is 19.8. The minimum absolute atomic E-state index is 0.582. The van der Waals surface area contributed by atoms with Gasteiger partial charge in [0.25, 0.3) is 0 Å². The summed E-state index contributed by atoms with van der Waals surface area (Å²) in [6.07, 6.45) is 0. The maximum absolute atomic E-state index is 6.75. The summed E-state index contributed by atoms with van der Waals surface area (Å²) in [5.74, 6) is 1.83. The largest absolute Gasteiger partial charge is 0.456 e. The third-order valence-corrected chi connectivity index (χ3v) is 12.9. The molecule has 5 nitrogen and oxygen atoms in total. The van der Waals surface area contributed by atoms with Crippen molar-refractivity contribution in [3.63, 3.8) is 0 Å². The van der Waals surface area contributed by atoms with E-state index in [0.717, 1.165) is 71.5 Å². The van der Waals surface area contributed by atoms with E-state index in [-0.39, 0.29) is 0 Å². The lowest BCUT2D eigenvalue weighted by molar-refractivity contribution is 0.668. The highest BCUT2D eigenvalue weighted by molar-refractivity contribution is 7.25. The van der Waals surface area contributed by atoms with Gasteiger partial charge in [0.1, 0.15) is 11.2 Å². The molecule has 13 aromatic rings. The maximum Gasteiger partial charge on any atom is 0.164 e. The first-order chi connectivity index (χ1) is 29.2. The normalized spacial score (nSPS) is 12.1. The van der Waals surface area contributed by atoms with Gasteiger partial charge in [-0.2, -0.15) is 0 Å². The van der Waals surface area contributed by atoms with Gasteiger partial charge in [0.05, 0.1) is 16.7 Å². The van der Waals surface area contributed by atoms with Crippen LogP contribution in [0.3, 0.4) is 0 Å². The van der Waals surface area contributed by atoms with Crippen molar-refractivity contribution < 1.29 is 4.42 Å². The molecule has 0 atom stereocenters. The van der Waals surface area contributed by atoms with E-state index in [0.29, 0.717) is 17.5 Å². The number of nitrogens with zero attached hydrogens (tertiary/aromatic N) is 4. The van der Waals surface area contributed by atoms with E-state index in [1.54, 1.807) is 11.3 Å². The highest BCUT2D eigenvalue weighted by Crippen LogP contribution is 2.43. The highest BCUT2D eigenvalue weighted by atomic mass is 32.1. The Morgan fingerprint density at radius 3 is 1.85 bits per heavy atom. The molecule has 0 radical (unpaired) electrons. The third-order valence-electron chi connectivity index (χ3n) is 11.8. The Morgan fingerprint density at radius 1 is 0.373 bits per heavy atom. The molecule has 0 saturated carbocycles. The molecule has 0 spiro atoms. The number of para-hydroxylation sites is 2. The molecule has 0 aliphatic rings. The van der Waals surface area contributed by atoms with Gasteiger partial charge in [-0.15, -0.1) is 11.3 Å². The molecule has 6 heteroatoms. The SMILES string of the molecule is c1ccc2cc3c(cc2c1)c1ccccc1n3-c1cc(-c2nc(-c3cccc4ccccc34)nc(-c3cccc4sc5ccccc5c34)n2)c2c(c1)oc1ccccc12. The predicted molar refractivity (Wildman–Crippen MR) is 246 cm³/mol. The van der Waals surface area contributed by atoms with E-state index >= 15 is 0 Å². The van der Waals surface area contributed by atoms with Gasteiger partial charge in [-0.1, -0.05) is 133 Å². The second kappa shape index (κ2) is 12.4. The molecule has 0 N–H and O–H groups in total. The van der Waals surface area contributed by atoms with E-state index in [2.05, 4.69) is 174 Å². The van der Waals surface area contributed by atoms with Crippen molar-refractivity contribution in [3.8, 4) is 39.9 Å². The van der Waals surface area contributed by atoms with E-state index in [9.17, 15) is 0 Å². The number of rotatable bonds is 4. The molecule has 0 bridgehead atoms. The van der Waals surface area contributed by atoms with E-state index in [1.165, 1.54) is 36.3 Å². The highest BCUT2D eigenvalue weighted by Gasteiger charge is 2.23. The zero-order chi connectivity index (χ0) is 38.6. The number of furan rings is 1. The Kier molecular flexibility index (Phi) is 6.82. The average Bonchev–Trinajstić information content (AvgIpc) is 3.97. The molecule has 0 aliphatic carbocycles. The van der Waals surface area contributed by atoms with Crippen LogP contribution in [0.5, 0.6) is 0 Å². The van der Waals surface area contributed by atoms with Gasteiger partial charge in [-0.25, -0.2) is 15.0 Å². The van der Waals surface area contributed by atoms with Crippen LogP contribution in [0, 0.1) is 0 Å². The monoisotopic (exact) mass is 770 g/mol. The van der Waals surface area contributed by atoms with Gasteiger partial charge in [0.2, 0.25) is 0 Å². The smallest absolute Gasteiger partial charge is 0.164 e. The Hall–Kier alpha value is -7.67. The van der Waals surface area contributed by atoms with Gasteiger partial charge in [0.15, 0.2) is 17.5 Å². The average molecular weight is 771 g/mol. The number of thiophene rings is 1. The molecule has 0 saturated heterocycles. The maximum atomic E-state index is 6.75. The lowest BCUT2D eigenvalue weighted by Crippen LogP contribution is -2.02. The Balaban J connectivity index is 1.16. The summed E-state index contributed by atoms with van der Waals surface area (Å²) in [7, 11) is 0. The van der Waals surface area contributed by atoms with Crippen LogP contribution in [0.15, 0.2) is 186 Å². The van der Waals surface area contributed by atoms with Gasteiger partial charge >= 0.3 is 0 Å². The summed E-state index contributed by atoms with van der Waals surface area (Å²) >= 11 is 1.79. The number of fused-ring (bicyclic) bond motifs is 11. The molecule has 0 amide bonds. The molecule has 0 fully saturated rings. The van der Waals surface area contributed by atoms with Crippen LogP contribution in [0.4, 0.5) is 0 Å². The lowest BCUT2D eigenvalue weighted by Gasteiger charge is -2.14. The van der Waals surface area contributed by atoms with Crippen LogP contribution >= 0.6 is 11.3 Å². The number of aromatic nitrogens is 4.